The van der Waals surface area contributed by atoms with Gasteiger partial charge < -0.3 is 10.2 Å². The van der Waals surface area contributed by atoms with Crippen molar-refractivity contribution < 1.29 is 19.8 Å². The Morgan fingerprint density at radius 1 is 0.364 bits per heavy atom. The number of aliphatic carboxylic acids is 2. The minimum atomic E-state index is -0.922. The van der Waals surface area contributed by atoms with E-state index >= 15 is 0 Å². The lowest BCUT2D eigenvalue weighted by Crippen LogP contribution is -1.84. The second-order valence-corrected chi connectivity index (χ2v) is 11.3. The van der Waals surface area contributed by atoms with Gasteiger partial charge in [-0.15, -0.1) is 0 Å². The zero-order valence-corrected chi connectivity index (χ0v) is 28.4. The molecule has 0 aromatic heterocycles. The van der Waals surface area contributed by atoms with Crippen LogP contribution in [0.5, 0.6) is 0 Å². The summed E-state index contributed by atoms with van der Waals surface area (Å²) in [5.74, 6) is -1.83. The highest BCUT2D eigenvalue weighted by atomic mass is 16.4. The summed E-state index contributed by atoms with van der Waals surface area (Å²) >= 11 is 0. The van der Waals surface area contributed by atoms with Gasteiger partial charge in [-0.3, -0.25) is 0 Å². The van der Waals surface area contributed by atoms with Crippen molar-refractivity contribution >= 4 is 11.9 Å². The lowest BCUT2D eigenvalue weighted by atomic mass is 10.1. The van der Waals surface area contributed by atoms with Gasteiger partial charge in [0.15, 0.2) is 0 Å². The molecule has 0 saturated heterocycles. The first-order chi connectivity index (χ1) is 21.5. The van der Waals surface area contributed by atoms with E-state index in [1.165, 1.54) is 141 Å². The van der Waals surface area contributed by atoms with Gasteiger partial charge in [0, 0.05) is 12.2 Å². The van der Waals surface area contributed by atoms with Crippen molar-refractivity contribution in [2.24, 2.45) is 0 Å². The van der Waals surface area contributed by atoms with Crippen LogP contribution in [0.25, 0.3) is 0 Å². The van der Waals surface area contributed by atoms with Crippen molar-refractivity contribution in [1.82, 2.24) is 0 Å². The SMILES string of the molecule is CCCCCCCCCCC/C=C/C=C/C=C/C=C/C(=O)O.CCCCCCCCCCCCC/C=C/C=C/C=C/C(=O)O. The van der Waals surface area contributed by atoms with E-state index in [2.05, 4.69) is 32.1 Å². The lowest BCUT2D eigenvalue weighted by Gasteiger charge is -2.01. The molecular formula is C40H66O4. The van der Waals surface area contributed by atoms with Gasteiger partial charge in [0.25, 0.3) is 0 Å². The molecule has 0 radical (unpaired) electrons. The second-order valence-electron chi connectivity index (χ2n) is 11.3. The van der Waals surface area contributed by atoms with Gasteiger partial charge in [-0.05, 0) is 25.7 Å². The molecule has 0 aliphatic heterocycles. The first-order valence-corrected chi connectivity index (χ1v) is 17.7. The van der Waals surface area contributed by atoms with Crippen molar-refractivity contribution in [2.45, 2.75) is 155 Å². The molecule has 0 aliphatic rings. The average Bonchev–Trinajstić information content (AvgIpc) is 3.00. The Hall–Kier alpha value is -2.88. The van der Waals surface area contributed by atoms with Crippen LogP contribution in [0.3, 0.4) is 0 Å². The molecule has 250 valence electrons. The van der Waals surface area contributed by atoms with Crippen molar-refractivity contribution in [3.05, 3.63) is 85.1 Å². The molecular weight excluding hydrogens is 544 g/mol. The third-order valence-electron chi connectivity index (χ3n) is 7.09. The Bertz CT molecular complexity index is 826. The molecule has 0 aromatic carbocycles. The lowest BCUT2D eigenvalue weighted by molar-refractivity contribution is -0.132. The van der Waals surface area contributed by atoms with Crippen molar-refractivity contribution in [3.63, 3.8) is 0 Å². The quantitative estimate of drug-likeness (QED) is 0.0502. The number of allylic oxidation sites excluding steroid dienone is 12. The molecule has 0 spiro atoms. The number of unbranched alkanes of at least 4 members (excludes halogenated alkanes) is 20. The summed E-state index contributed by atoms with van der Waals surface area (Å²) in [7, 11) is 0. The van der Waals surface area contributed by atoms with Gasteiger partial charge >= 0.3 is 11.9 Å². The summed E-state index contributed by atoms with van der Waals surface area (Å²) in [5.41, 5.74) is 0. The molecule has 44 heavy (non-hydrogen) atoms. The summed E-state index contributed by atoms with van der Waals surface area (Å²) < 4.78 is 0. The summed E-state index contributed by atoms with van der Waals surface area (Å²) in [6.07, 6.45) is 54.4. The standard InChI is InChI=1S/C20H34O2.C20H32O2/c2*1-2-3-4-5-6-7-8-9-10-11-12-13-14-15-16-17-18-19-20(21)22/h14-19H,2-13H2,1H3,(H,21,22);12-19H,2-11H2,1H3,(H,21,22)/b15-14+,17-16+,19-18+;13-12+,15-14+,17-16+,19-18+. The number of hydrogen-bond donors (Lipinski definition) is 2. The predicted molar refractivity (Wildman–Crippen MR) is 192 cm³/mol. The molecule has 0 heterocycles. The van der Waals surface area contributed by atoms with Crippen LogP contribution in [-0.4, -0.2) is 22.2 Å². The fraction of sp³-hybridized carbons (Fsp3) is 0.600. The zero-order chi connectivity index (χ0) is 32.6. The number of carboxylic acids is 2. The third-order valence-corrected chi connectivity index (χ3v) is 7.09. The van der Waals surface area contributed by atoms with Crippen LogP contribution in [0, 0.1) is 0 Å². The van der Waals surface area contributed by atoms with E-state index in [0.717, 1.165) is 25.0 Å². The molecule has 0 aliphatic carbocycles. The zero-order valence-electron chi connectivity index (χ0n) is 28.4. The monoisotopic (exact) mass is 610 g/mol. The predicted octanol–water partition coefficient (Wildman–Crippen LogP) is 12.7. The first-order valence-electron chi connectivity index (χ1n) is 17.7. The molecule has 0 amide bonds. The van der Waals surface area contributed by atoms with Crippen LogP contribution in [0.1, 0.15) is 155 Å². The first kappa shape index (κ1) is 43.2. The second kappa shape index (κ2) is 40.1. The molecule has 4 nitrogen and oxygen atoms in total. The molecule has 0 aromatic rings. The fourth-order valence-corrected chi connectivity index (χ4v) is 4.51. The summed E-state index contributed by atoms with van der Waals surface area (Å²) in [6.45, 7) is 4.53. The average molecular weight is 611 g/mol. The highest BCUT2D eigenvalue weighted by Crippen LogP contribution is 2.12. The maximum absolute atomic E-state index is 10.2. The number of carbonyl (C=O) groups is 2. The van der Waals surface area contributed by atoms with Crippen molar-refractivity contribution in [2.75, 3.05) is 0 Å². The maximum atomic E-state index is 10.2. The van der Waals surface area contributed by atoms with Gasteiger partial charge in [0.1, 0.15) is 0 Å². The highest BCUT2D eigenvalue weighted by molar-refractivity contribution is 5.80. The minimum absolute atomic E-state index is 0.908. The molecule has 0 rings (SSSR count). The smallest absolute Gasteiger partial charge is 0.328 e. The Balaban J connectivity index is 0. The maximum Gasteiger partial charge on any atom is 0.328 e. The Labute approximate surface area is 271 Å². The fourth-order valence-electron chi connectivity index (χ4n) is 4.51. The summed E-state index contributed by atoms with van der Waals surface area (Å²) in [6, 6.07) is 0. The van der Waals surface area contributed by atoms with Crippen LogP contribution in [-0.2, 0) is 9.59 Å². The molecule has 0 saturated carbocycles. The topological polar surface area (TPSA) is 74.6 Å². The Morgan fingerprint density at radius 3 is 0.909 bits per heavy atom. The Morgan fingerprint density at radius 2 is 0.614 bits per heavy atom. The Kier molecular flexibility index (Phi) is 39.4. The molecule has 4 heteroatoms. The van der Waals surface area contributed by atoms with E-state index in [4.69, 9.17) is 10.2 Å². The molecule has 2 N–H and O–H groups in total. The van der Waals surface area contributed by atoms with Gasteiger partial charge in [-0.1, -0.05) is 202 Å². The highest BCUT2D eigenvalue weighted by Gasteiger charge is 1.93. The normalized spacial score (nSPS) is 12.2. The van der Waals surface area contributed by atoms with E-state index in [-0.39, 0.29) is 0 Å². The molecule has 0 fully saturated rings. The molecule has 0 unspecified atom stereocenters. The van der Waals surface area contributed by atoms with Crippen LogP contribution in [0.2, 0.25) is 0 Å². The number of rotatable bonds is 29. The van der Waals surface area contributed by atoms with E-state index < -0.39 is 11.9 Å². The largest absolute Gasteiger partial charge is 0.478 e. The van der Waals surface area contributed by atoms with Crippen LogP contribution < -0.4 is 0 Å². The van der Waals surface area contributed by atoms with E-state index in [0.29, 0.717) is 0 Å². The van der Waals surface area contributed by atoms with Gasteiger partial charge in [0.05, 0.1) is 0 Å². The van der Waals surface area contributed by atoms with Crippen molar-refractivity contribution in [3.8, 4) is 0 Å². The van der Waals surface area contributed by atoms with Crippen molar-refractivity contribution in [1.29, 1.82) is 0 Å². The number of carboxylic acid groups (broad SMARTS) is 2. The van der Waals surface area contributed by atoms with Crippen LogP contribution in [0.15, 0.2) is 85.1 Å². The van der Waals surface area contributed by atoms with E-state index in [1.54, 1.807) is 12.2 Å². The molecule has 0 bridgehead atoms. The summed E-state index contributed by atoms with van der Waals surface area (Å²) in [5, 5.41) is 16.8. The third kappa shape index (κ3) is 46.1. The van der Waals surface area contributed by atoms with Gasteiger partial charge in [-0.2, -0.15) is 0 Å². The number of hydrogen-bond acceptors (Lipinski definition) is 2. The summed E-state index contributed by atoms with van der Waals surface area (Å²) in [4.78, 5) is 20.4. The van der Waals surface area contributed by atoms with E-state index in [9.17, 15) is 9.59 Å². The van der Waals surface area contributed by atoms with Gasteiger partial charge in [0.2, 0.25) is 0 Å². The van der Waals surface area contributed by atoms with Gasteiger partial charge in [-0.25, -0.2) is 9.59 Å². The van der Waals surface area contributed by atoms with Crippen LogP contribution in [0.4, 0.5) is 0 Å². The molecule has 0 atom stereocenters. The minimum Gasteiger partial charge on any atom is -0.478 e. The van der Waals surface area contributed by atoms with E-state index in [1.807, 2.05) is 30.4 Å². The van der Waals surface area contributed by atoms with Crippen LogP contribution >= 0.6 is 0 Å².